The molecule has 3 heteroatoms. The van der Waals surface area contributed by atoms with E-state index in [2.05, 4.69) is 9.98 Å². The lowest BCUT2D eigenvalue weighted by Crippen LogP contribution is -2.42. The maximum atomic E-state index is 9.99. The zero-order valence-electron chi connectivity index (χ0n) is 7.91. The molecule has 0 bridgehead atoms. The van der Waals surface area contributed by atoms with Crippen LogP contribution in [0.25, 0.3) is 0 Å². The summed E-state index contributed by atoms with van der Waals surface area (Å²) in [6, 6.07) is 0. The van der Waals surface area contributed by atoms with Gasteiger partial charge in [-0.1, -0.05) is 13.8 Å². The van der Waals surface area contributed by atoms with E-state index < -0.39 is 5.60 Å². The molecule has 0 saturated heterocycles. The smallest absolute Gasteiger partial charge is 0.107 e. The Morgan fingerprint density at radius 1 is 1.50 bits per heavy atom. The quantitative estimate of drug-likeness (QED) is 0.654. The maximum Gasteiger partial charge on any atom is 0.107 e. The minimum absolute atomic E-state index is 0.167. The number of hydrogen-bond donors (Lipinski definition) is 1. The summed E-state index contributed by atoms with van der Waals surface area (Å²) in [5.41, 5.74) is -0.118. The fourth-order valence-corrected chi connectivity index (χ4v) is 1.01. The number of rotatable bonds is 2. The van der Waals surface area contributed by atoms with Gasteiger partial charge in [-0.15, -0.1) is 0 Å². The SMILES string of the molecule is CC(C)C(C)(O)C1=NCCN=C1. The van der Waals surface area contributed by atoms with Gasteiger partial charge >= 0.3 is 0 Å². The average molecular weight is 168 g/mol. The van der Waals surface area contributed by atoms with E-state index in [1.54, 1.807) is 13.1 Å². The van der Waals surface area contributed by atoms with Gasteiger partial charge in [-0.3, -0.25) is 9.98 Å². The van der Waals surface area contributed by atoms with Crippen LogP contribution in [0.2, 0.25) is 0 Å². The summed E-state index contributed by atoms with van der Waals surface area (Å²) < 4.78 is 0. The maximum absolute atomic E-state index is 9.99. The Hall–Kier alpha value is -0.700. The monoisotopic (exact) mass is 168 g/mol. The van der Waals surface area contributed by atoms with Crippen molar-refractivity contribution in [2.45, 2.75) is 26.4 Å². The summed E-state index contributed by atoms with van der Waals surface area (Å²) in [5.74, 6) is 0.167. The van der Waals surface area contributed by atoms with Gasteiger partial charge in [0.2, 0.25) is 0 Å². The van der Waals surface area contributed by atoms with Gasteiger partial charge in [0.15, 0.2) is 0 Å². The van der Waals surface area contributed by atoms with Crippen molar-refractivity contribution >= 4 is 11.9 Å². The van der Waals surface area contributed by atoms with Gasteiger partial charge in [0, 0.05) is 6.21 Å². The van der Waals surface area contributed by atoms with Gasteiger partial charge in [0.1, 0.15) is 5.60 Å². The molecule has 1 rings (SSSR count). The predicted molar refractivity (Wildman–Crippen MR) is 51.1 cm³/mol. The fraction of sp³-hybridized carbons (Fsp3) is 0.778. The van der Waals surface area contributed by atoms with E-state index in [9.17, 15) is 5.11 Å². The predicted octanol–water partition coefficient (Wildman–Crippen LogP) is 0.919. The first kappa shape index (κ1) is 9.39. The van der Waals surface area contributed by atoms with Crippen molar-refractivity contribution in [3.05, 3.63) is 0 Å². The van der Waals surface area contributed by atoms with Crippen molar-refractivity contribution < 1.29 is 5.11 Å². The van der Waals surface area contributed by atoms with Crippen LogP contribution >= 0.6 is 0 Å². The van der Waals surface area contributed by atoms with E-state index in [0.717, 1.165) is 6.54 Å². The standard InChI is InChI=1S/C9H16N2O/c1-7(2)9(3,12)8-6-10-4-5-11-8/h6-7,12H,4-5H2,1-3H3. The largest absolute Gasteiger partial charge is 0.384 e. The molecule has 68 valence electrons. The molecule has 0 saturated carbocycles. The van der Waals surface area contributed by atoms with Gasteiger partial charge in [0.25, 0.3) is 0 Å². The molecule has 0 radical (unpaired) electrons. The molecule has 12 heavy (non-hydrogen) atoms. The van der Waals surface area contributed by atoms with Crippen LogP contribution in [0.1, 0.15) is 20.8 Å². The number of aliphatic hydroxyl groups is 1. The molecule has 3 nitrogen and oxygen atoms in total. The lowest BCUT2D eigenvalue weighted by Gasteiger charge is -2.28. The van der Waals surface area contributed by atoms with Crippen LogP contribution in [0.5, 0.6) is 0 Å². The van der Waals surface area contributed by atoms with Gasteiger partial charge in [-0.05, 0) is 12.8 Å². The Kier molecular flexibility index (Phi) is 2.62. The van der Waals surface area contributed by atoms with Crippen LogP contribution in [0.3, 0.4) is 0 Å². The van der Waals surface area contributed by atoms with E-state index in [0.29, 0.717) is 12.3 Å². The molecule has 0 aromatic heterocycles. The second-order valence-electron chi connectivity index (χ2n) is 3.60. The van der Waals surface area contributed by atoms with Gasteiger partial charge in [0.05, 0.1) is 18.8 Å². The summed E-state index contributed by atoms with van der Waals surface area (Å²) in [6.45, 7) is 7.19. The molecule has 0 amide bonds. The minimum Gasteiger partial charge on any atom is -0.384 e. The molecular formula is C9H16N2O. The summed E-state index contributed by atoms with van der Waals surface area (Å²) in [7, 11) is 0. The van der Waals surface area contributed by atoms with E-state index in [1.165, 1.54) is 0 Å². The van der Waals surface area contributed by atoms with Crippen molar-refractivity contribution in [1.29, 1.82) is 0 Å². The first-order valence-electron chi connectivity index (χ1n) is 4.32. The lowest BCUT2D eigenvalue weighted by molar-refractivity contribution is 0.0848. The highest BCUT2D eigenvalue weighted by atomic mass is 16.3. The first-order chi connectivity index (χ1) is 5.55. The Morgan fingerprint density at radius 3 is 2.58 bits per heavy atom. The molecule has 0 fully saturated rings. The molecular weight excluding hydrogens is 152 g/mol. The van der Waals surface area contributed by atoms with Crippen molar-refractivity contribution in [1.82, 2.24) is 0 Å². The molecule has 1 aliphatic heterocycles. The second-order valence-corrected chi connectivity index (χ2v) is 3.60. The van der Waals surface area contributed by atoms with Crippen molar-refractivity contribution in [3.8, 4) is 0 Å². The molecule has 1 N–H and O–H groups in total. The fourth-order valence-electron chi connectivity index (χ4n) is 1.01. The van der Waals surface area contributed by atoms with Crippen molar-refractivity contribution in [2.75, 3.05) is 13.1 Å². The average Bonchev–Trinajstić information content (AvgIpc) is 2.06. The molecule has 0 aromatic carbocycles. The van der Waals surface area contributed by atoms with Gasteiger partial charge in [-0.2, -0.15) is 0 Å². The Bertz CT molecular complexity index is 217. The van der Waals surface area contributed by atoms with Gasteiger partial charge < -0.3 is 5.11 Å². The number of hydrogen-bond acceptors (Lipinski definition) is 3. The Labute approximate surface area is 73.2 Å². The normalized spacial score (nSPS) is 22.2. The van der Waals surface area contributed by atoms with E-state index in [1.807, 2.05) is 13.8 Å². The number of aliphatic imine (C=N–C) groups is 2. The highest BCUT2D eigenvalue weighted by Crippen LogP contribution is 2.18. The van der Waals surface area contributed by atoms with Crippen LogP contribution in [0.4, 0.5) is 0 Å². The van der Waals surface area contributed by atoms with Crippen molar-refractivity contribution in [2.24, 2.45) is 15.9 Å². The summed E-state index contributed by atoms with van der Waals surface area (Å²) in [5, 5.41) is 9.99. The van der Waals surface area contributed by atoms with Crippen LogP contribution in [0, 0.1) is 5.92 Å². The van der Waals surface area contributed by atoms with E-state index >= 15 is 0 Å². The van der Waals surface area contributed by atoms with E-state index in [-0.39, 0.29) is 5.92 Å². The topological polar surface area (TPSA) is 45.0 Å². The molecule has 0 aromatic rings. The molecule has 1 unspecified atom stereocenters. The van der Waals surface area contributed by atoms with Crippen LogP contribution in [0.15, 0.2) is 9.98 Å². The molecule has 0 aliphatic carbocycles. The van der Waals surface area contributed by atoms with Gasteiger partial charge in [-0.25, -0.2) is 0 Å². The van der Waals surface area contributed by atoms with Crippen LogP contribution in [-0.2, 0) is 0 Å². The first-order valence-corrected chi connectivity index (χ1v) is 4.32. The summed E-state index contributed by atoms with van der Waals surface area (Å²) >= 11 is 0. The zero-order chi connectivity index (χ0) is 9.19. The van der Waals surface area contributed by atoms with Crippen molar-refractivity contribution in [3.63, 3.8) is 0 Å². The molecule has 1 atom stereocenters. The highest BCUT2D eigenvalue weighted by Gasteiger charge is 2.30. The molecule has 0 spiro atoms. The Balaban J connectivity index is 2.80. The zero-order valence-corrected chi connectivity index (χ0v) is 7.91. The summed E-state index contributed by atoms with van der Waals surface area (Å²) in [4.78, 5) is 8.33. The third kappa shape index (κ3) is 1.72. The summed E-state index contributed by atoms with van der Waals surface area (Å²) in [6.07, 6.45) is 1.68. The highest BCUT2D eigenvalue weighted by molar-refractivity contribution is 6.34. The second kappa shape index (κ2) is 3.35. The molecule has 1 aliphatic rings. The third-order valence-corrected chi connectivity index (χ3v) is 2.37. The molecule has 1 heterocycles. The van der Waals surface area contributed by atoms with Crippen LogP contribution in [-0.4, -0.2) is 35.7 Å². The lowest BCUT2D eigenvalue weighted by atomic mass is 9.87. The minimum atomic E-state index is -0.829. The van der Waals surface area contributed by atoms with E-state index in [4.69, 9.17) is 0 Å². The third-order valence-electron chi connectivity index (χ3n) is 2.37. The Morgan fingerprint density at radius 2 is 2.17 bits per heavy atom. The van der Waals surface area contributed by atoms with Crippen LogP contribution < -0.4 is 0 Å². The number of nitrogens with zero attached hydrogens (tertiary/aromatic N) is 2.